The molecule has 0 aromatic heterocycles. The van der Waals surface area contributed by atoms with E-state index < -0.39 is 11.6 Å². The number of piperidine rings is 2. The number of methoxy groups -OCH3 is 1. The van der Waals surface area contributed by atoms with Crippen LogP contribution in [0.3, 0.4) is 0 Å². The number of carbonyl (C=O) groups excluding carboxylic acids is 3. The average Bonchev–Trinajstić information content (AvgIpc) is 3.50. The quantitative estimate of drug-likeness (QED) is 0.590. The molecular formula is C18H15NO5. The second-order valence-corrected chi connectivity index (χ2v) is 6.82. The van der Waals surface area contributed by atoms with Gasteiger partial charge in [0.1, 0.15) is 5.76 Å². The van der Waals surface area contributed by atoms with Crippen molar-refractivity contribution in [2.24, 2.45) is 17.3 Å². The standard InChI is InChI=1S/C18H15NO5/c1-23-11-6-8(2-3-9(11)20)17-16(22)10(21)7-12(24-17)18-4-5-19-15-13(18)14(15)18/h2-3,6-7,13-15,19H,4-5H2,1H3/b17-8-. The Labute approximate surface area is 137 Å². The molecule has 122 valence electrons. The molecule has 5 rings (SSSR count). The van der Waals surface area contributed by atoms with Crippen LogP contribution in [-0.4, -0.2) is 37.0 Å². The molecule has 0 amide bonds. The van der Waals surface area contributed by atoms with E-state index in [4.69, 9.17) is 9.47 Å². The first-order valence-corrected chi connectivity index (χ1v) is 8.02. The van der Waals surface area contributed by atoms with Crippen molar-refractivity contribution in [3.05, 3.63) is 47.2 Å². The molecule has 0 aromatic carbocycles. The first-order chi connectivity index (χ1) is 11.6. The van der Waals surface area contributed by atoms with Crippen molar-refractivity contribution in [2.75, 3.05) is 13.7 Å². The van der Waals surface area contributed by atoms with E-state index in [0.29, 0.717) is 29.2 Å². The van der Waals surface area contributed by atoms with Gasteiger partial charge in [-0.15, -0.1) is 0 Å². The molecule has 2 atom stereocenters. The normalized spacial score (nSPS) is 42.0. The number of allylic oxidation sites excluding steroid dienone is 7. The molecule has 1 N–H and O–H groups in total. The second kappa shape index (κ2) is 4.33. The Morgan fingerprint density at radius 2 is 1.96 bits per heavy atom. The van der Waals surface area contributed by atoms with Gasteiger partial charge in [-0.2, -0.15) is 0 Å². The number of Topliss-reactive ketones (excluding diaryl/α,β-unsaturated/α-hetero) is 1. The number of hydrogen-bond acceptors (Lipinski definition) is 6. The molecule has 5 aliphatic rings. The van der Waals surface area contributed by atoms with Gasteiger partial charge in [-0.05, 0) is 43.0 Å². The molecule has 0 bridgehead atoms. The van der Waals surface area contributed by atoms with E-state index in [-0.39, 0.29) is 22.7 Å². The van der Waals surface area contributed by atoms with Crippen molar-refractivity contribution in [2.45, 2.75) is 12.5 Å². The van der Waals surface area contributed by atoms with Gasteiger partial charge in [-0.1, -0.05) is 0 Å². The van der Waals surface area contributed by atoms with Crippen molar-refractivity contribution in [3.63, 3.8) is 0 Å². The number of ether oxygens (including phenoxy) is 2. The number of hydrogen-bond donors (Lipinski definition) is 1. The highest BCUT2D eigenvalue weighted by molar-refractivity contribution is 6.47. The number of ketones is 3. The van der Waals surface area contributed by atoms with Gasteiger partial charge in [0.2, 0.25) is 11.6 Å². The summed E-state index contributed by atoms with van der Waals surface area (Å²) >= 11 is 0. The molecule has 2 saturated carbocycles. The Morgan fingerprint density at radius 3 is 2.67 bits per heavy atom. The summed E-state index contributed by atoms with van der Waals surface area (Å²) < 4.78 is 10.9. The smallest absolute Gasteiger partial charge is 0.268 e. The number of nitrogens with one attached hydrogen (secondary N) is 1. The maximum Gasteiger partial charge on any atom is 0.268 e. The van der Waals surface area contributed by atoms with Crippen molar-refractivity contribution >= 4 is 17.3 Å². The fraction of sp³-hybridized carbons (Fsp3) is 0.389. The zero-order valence-corrected chi connectivity index (χ0v) is 13.0. The van der Waals surface area contributed by atoms with E-state index in [1.165, 1.54) is 31.4 Å². The topological polar surface area (TPSA) is 81.7 Å². The molecule has 3 aliphatic carbocycles. The summed E-state index contributed by atoms with van der Waals surface area (Å²) in [5, 5.41) is 3.44. The van der Waals surface area contributed by atoms with Gasteiger partial charge in [0, 0.05) is 23.1 Å². The molecule has 0 radical (unpaired) electrons. The summed E-state index contributed by atoms with van der Waals surface area (Å²) in [6.45, 7) is 0.897. The van der Waals surface area contributed by atoms with E-state index in [1.807, 2.05) is 0 Å². The van der Waals surface area contributed by atoms with Crippen LogP contribution in [0.15, 0.2) is 47.2 Å². The highest BCUT2D eigenvalue weighted by Crippen LogP contribution is 2.83. The van der Waals surface area contributed by atoms with Crippen LogP contribution in [0.25, 0.3) is 0 Å². The number of carbonyl (C=O) groups is 3. The van der Waals surface area contributed by atoms with Crippen LogP contribution in [0.4, 0.5) is 0 Å². The van der Waals surface area contributed by atoms with E-state index in [2.05, 4.69) is 5.32 Å². The molecule has 6 heteroatoms. The lowest BCUT2D eigenvalue weighted by Gasteiger charge is -2.35. The van der Waals surface area contributed by atoms with Crippen molar-refractivity contribution in [1.82, 2.24) is 5.32 Å². The van der Waals surface area contributed by atoms with E-state index in [9.17, 15) is 14.4 Å². The maximum atomic E-state index is 12.3. The second-order valence-electron chi connectivity index (χ2n) is 6.82. The predicted octanol–water partition coefficient (Wildman–Crippen LogP) is 0.570. The molecule has 2 unspecified atom stereocenters. The zero-order valence-electron chi connectivity index (χ0n) is 13.0. The molecule has 2 heterocycles. The Morgan fingerprint density at radius 1 is 1.17 bits per heavy atom. The van der Waals surface area contributed by atoms with Crippen LogP contribution in [-0.2, 0) is 23.9 Å². The van der Waals surface area contributed by atoms with Gasteiger partial charge in [0.25, 0.3) is 5.78 Å². The summed E-state index contributed by atoms with van der Waals surface area (Å²) in [6, 6.07) is 0.541. The van der Waals surface area contributed by atoms with Crippen LogP contribution in [0.5, 0.6) is 0 Å². The largest absolute Gasteiger partial charge is 0.493 e. The van der Waals surface area contributed by atoms with Gasteiger partial charge < -0.3 is 14.8 Å². The number of fused-ring (bicyclic) bond motifs is 2. The van der Waals surface area contributed by atoms with Gasteiger partial charge >= 0.3 is 0 Å². The van der Waals surface area contributed by atoms with E-state index in [1.54, 1.807) is 0 Å². The minimum Gasteiger partial charge on any atom is -0.493 e. The molecule has 1 saturated heterocycles. The van der Waals surface area contributed by atoms with Crippen molar-refractivity contribution in [1.29, 1.82) is 0 Å². The van der Waals surface area contributed by atoms with Gasteiger partial charge in [0.15, 0.2) is 11.5 Å². The molecule has 24 heavy (non-hydrogen) atoms. The van der Waals surface area contributed by atoms with Gasteiger partial charge in [-0.3, -0.25) is 14.4 Å². The van der Waals surface area contributed by atoms with Crippen LogP contribution in [0.1, 0.15) is 6.42 Å². The Balaban J connectivity index is 1.53. The predicted molar refractivity (Wildman–Crippen MR) is 81.3 cm³/mol. The minimum atomic E-state index is -0.685. The average molecular weight is 325 g/mol. The van der Waals surface area contributed by atoms with Crippen LogP contribution in [0.2, 0.25) is 0 Å². The third-order valence-electron chi connectivity index (χ3n) is 5.81. The molecule has 2 aliphatic heterocycles. The molecule has 0 aromatic rings. The molecule has 6 nitrogen and oxygen atoms in total. The van der Waals surface area contributed by atoms with Crippen molar-refractivity contribution in [3.8, 4) is 0 Å². The Hall–Kier alpha value is -2.47. The van der Waals surface area contributed by atoms with Crippen LogP contribution in [0, 0.1) is 17.3 Å². The first-order valence-electron chi connectivity index (χ1n) is 8.02. The SMILES string of the molecule is COC1=C/C(=C2\OC(C34CCNC5C3C54)=CC(=O)C2=O)C=CC1=O. The fourth-order valence-electron chi connectivity index (χ4n) is 4.53. The van der Waals surface area contributed by atoms with E-state index >= 15 is 0 Å². The van der Waals surface area contributed by atoms with Crippen LogP contribution < -0.4 is 5.32 Å². The summed E-state index contributed by atoms with van der Waals surface area (Å²) in [5.41, 5.74) is 0.326. The highest BCUT2D eigenvalue weighted by atomic mass is 16.5. The minimum absolute atomic E-state index is 0.00782. The molecule has 3 fully saturated rings. The third-order valence-corrected chi connectivity index (χ3v) is 5.81. The number of rotatable bonds is 2. The van der Waals surface area contributed by atoms with Crippen LogP contribution >= 0.6 is 0 Å². The lowest BCUT2D eigenvalue weighted by atomic mass is 9.81. The Bertz CT molecular complexity index is 833. The zero-order chi connectivity index (χ0) is 16.6. The highest BCUT2D eigenvalue weighted by Gasteiger charge is 2.87. The summed E-state index contributed by atoms with van der Waals surface area (Å²) in [5.74, 6) is 0.246. The fourth-order valence-corrected chi connectivity index (χ4v) is 4.53. The van der Waals surface area contributed by atoms with Crippen molar-refractivity contribution < 1.29 is 23.9 Å². The monoisotopic (exact) mass is 325 g/mol. The summed E-state index contributed by atoms with van der Waals surface area (Å²) in [7, 11) is 1.39. The molecule has 0 spiro atoms. The Kier molecular flexibility index (Phi) is 2.51. The third kappa shape index (κ3) is 1.56. The first kappa shape index (κ1) is 13.9. The molecular weight excluding hydrogens is 310 g/mol. The lowest BCUT2D eigenvalue weighted by molar-refractivity contribution is -0.134. The maximum absolute atomic E-state index is 12.3. The summed E-state index contributed by atoms with van der Waals surface area (Å²) in [4.78, 5) is 36.1. The van der Waals surface area contributed by atoms with E-state index in [0.717, 1.165) is 13.0 Å². The lowest BCUT2D eigenvalue weighted by Crippen LogP contribution is -2.43. The van der Waals surface area contributed by atoms with Gasteiger partial charge in [0.05, 0.1) is 7.11 Å². The van der Waals surface area contributed by atoms with Gasteiger partial charge in [-0.25, -0.2) is 0 Å². The summed E-state index contributed by atoms with van der Waals surface area (Å²) in [6.07, 6.45) is 6.53.